The van der Waals surface area contributed by atoms with E-state index in [9.17, 15) is 0 Å². The average Bonchev–Trinajstić information content (AvgIpc) is 3.22. The zero-order chi connectivity index (χ0) is 24.4. The Morgan fingerprint density at radius 1 is 0.941 bits per heavy atom. The van der Waals surface area contributed by atoms with E-state index < -0.39 is 0 Å². The van der Waals surface area contributed by atoms with Crippen LogP contribution in [0.3, 0.4) is 0 Å². The fourth-order valence-electron chi connectivity index (χ4n) is 4.64. The van der Waals surface area contributed by atoms with E-state index in [2.05, 4.69) is 95.6 Å². The first-order valence-electron chi connectivity index (χ1n) is 12.6. The maximum Gasteiger partial charge on any atom is 0.128 e. The molecule has 2 aromatic heterocycles. The Bertz CT molecular complexity index is 1280. The molecular formula is C30H37N3O. The number of benzene rings is 2. The summed E-state index contributed by atoms with van der Waals surface area (Å²) >= 11 is 0. The van der Waals surface area contributed by atoms with Crippen molar-refractivity contribution in [2.24, 2.45) is 0 Å². The highest BCUT2D eigenvalue weighted by Gasteiger charge is 2.18. The number of hydrogen-bond acceptors (Lipinski definition) is 3. The van der Waals surface area contributed by atoms with Crippen molar-refractivity contribution in [1.29, 1.82) is 0 Å². The van der Waals surface area contributed by atoms with Gasteiger partial charge in [0.05, 0.1) is 30.1 Å². The predicted molar refractivity (Wildman–Crippen MR) is 142 cm³/mol. The second-order valence-electron chi connectivity index (χ2n) is 9.67. The number of aromatic nitrogens is 3. The van der Waals surface area contributed by atoms with Crippen LogP contribution in [0.25, 0.3) is 22.2 Å². The fraction of sp³-hybridized carbons (Fsp3) is 0.400. The van der Waals surface area contributed by atoms with Gasteiger partial charge >= 0.3 is 0 Å². The summed E-state index contributed by atoms with van der Waals surface area (Å²) in [5.41, 5.74) is 9.45. The predicted octanol–water partition coefficient (Wildman–Crippen LogP) is 7.49. The minimum Gasteiger partial charge on any atom is -0.491 e. The normalized spacial score (nSPS) is 11.7. The Hall–Kier alpha value is -3.14. The smallest absolute Gasteiger partial charge is 0.128 e. The van der Waals surface area contributed by atoms with Crippen molar-refractivity contribution in [2.75, 3.05) is 0 Å². The zero-order valence-corrected chi connectivity index (χ0v) is 21.6. The van der Waals surface area contributed by atoms with Crippen molar-refractivity contribution in [3.05, 3.63) is 76.6 Å². The van der Waals surface area contributed by atoms with Gasteiger partial charge in [-0.1, -0.05) is 58.0 Å². The van der Waals surface area contributed by atoms with E-state index in [1.807, 2.05) is 6.20 Å². The first-order valence-corrected chi connectivity index (χ1v) is 12.6. The molecule has 0 atom stereocenters. The number of pyridine rings is 1. The summed E-state index contributed by atoms with van der Waals surface area (Å²) in [5, 5.41) is 5.88. The lowest BCUT2D eigenvalue weighted by molar-refractivity contribution is 0.239. The van der Waals surface area contributed by atoms with Gasteiger partial charge in [-0.15, -0.1) is 0 Å². The van der Waals surface area contributed by atoms with E-state index in [4.69, 9.17) is 14.8 Å². The van der Waals surface area contributed by atoms with Crippen LogP contribution in [0.1, 0.15) is 75.4 Å². The maximum absolute atomic E-state index is 6.38. The van der Waals surface area contributed by atoms with Crippen molar-refractivity contribution in [3.8, 4) is 17.0 Å². The lowest BCUT2D eigenvalue weighted by Crippen LogP contribution is -2.13. The Morgan fingerprint density at radius 2 is 1.65 bits per heavy atom. The molecule has 0 amide bonds. The number of aryl methyl sites for hydroxylation is 3. The van der Waals surface area contributed by atoms with Crippen LogP contribution < -0.4 is 4.74 Å². The van der Waals surface area contributed by atoms with Gasteiger partial charge in [0.25, 0.3) is 0 Å². The molecule has 2 aromatic carbocycles. The average molecular weight is 456 g/mol. The summed E-state index contributed by atoms with van der Waals surface area (Å²) in [7, 11) is 0. The van der Waals surface area contributed by atoms with Gasteiger partial charge in [0, 0.05) is 28.3 Å². The van der Waals surface area contributed by atoms with Gasteiger partial charge < -0.3 is 4.74 Å². The zero-order valence-electron chi connectivity index (χ0n) is 21.6. The third-order valence-electron chi connectivity index (χ3n) is 6.55. The number of hydrogen-bond donors (Lipinski definition) is 0. The third kappa shape index (κ3) is 4.72. The van der Waals surface area contributed by atoms with Crippen molar-refractivity contribution < 1.29 is 4.74 Å². The standard InChI is InChI=1S/C30H37N3O/c1-8-22-11-10-12-23(9-2)30(22)27-16-29(34-20(5)6)26(21(7)32-27)18-33-28-15-24(19(3)4)13-14-25(28)17-31-33/h10-17,19-20H,8-9,18H2,1-7H3. The van der Waals surface area contributed by atoms with Crippen LogP contribution in [-0.4, -0.2) is 20.9 Å². The molecule has 0 bridgehead atoms. The molecule has 4 rings (SSSR count). The molecule has 0 aliphatic carbocycles. The minimum absolute atomic E-state index is 0.0716. The Morgan fingerprint density at radius 3 is 2.26 bits per heavy atom. The molecule has 0 radical (unpaired) electrons. The van der Waals surface area contributed by atoms with Crippen LogP contribution in [0.15, 0.2) is 48.7 Å². The second kappa shape index (κ2) is 10.0. The topological polar surface area (TPSA) is 39.9 Å². The van der Waals surface area contributed by atoms with Crippen LogP contribution in [0.4, 0.5) is 0 Å². The summed E-state index contributed by atoms with van der Waals surface area (Å²) < 4.78 is 8.46. The van der Waals surface area contributed by atoms with E-state index in [0.29, 0.717) is 12.5 Å². The highest BCUT2D eigenvalue weighted by atomic mass is 16.5. The Kier molecular flexibility index (Phi) is 7.06. The molecule has 0 aliphatic heterocycles. The molecule has 4 aromatic rings. The molecular weight excluding hydrogens is 418 g/mol. The Balaban J connectivity index is 1.84. The highest BCUT2D eigenvalue weighted by molar-refractivity contribution is 5.79. The van der Waals surface area contributed by atoms with E-state index in [-0.39, 0.29) is 6.10 Å². The fourth-order valence-corrected chi connectivity index (χ4v) is 4.64. The first-order chi connectivity index (χ1) is 16.3. The van der Waals surface area contributed by atoms with Crippen molar-refractivity contribution in [2.45, 2.75) is 79.9 Å². The summed E-state index contributed by atoms with van der Waals surface area (Å²) in [6.45, 7) is 15.7. The maximum atomic E-state index is 6.38. The molecule has 0 spiro atoms. The molecule has 2 heterocycles. The lowest BCUT2D eigenvalue weighted by atomic mass is 9.94. The molecule has 34 heavy (non-hydrogen) atoms. The molecule has 0 aliphatic rings. The van der Waals surface area contributed by atoms with Crippen LogP contribution in [-0.2, 0) is 19.4 Å². The van der Waals surface area contributed by atoms with Crippen LogP contribution in [0.2, 0.25) is 0 Å². The van der Waals surface area contributed by atoms with Crippen molar-refractivity contribution in [3.63, 3.8) is 0 Å². The summed E-state index contributed by atoms with van der Waals surface area (Å²) in [6.07, 6.45) is 3.97. The van der Waals surface area contributed by atoms with Crippen LogP contribution >= 0.6 is 0 Å². The number of fused-ring (bicyclic) bond motifs is 1. The molecule has 4 heteroatoms. The highest BCUT2D eigenvalue weighted by Crippen LogP contribution is 2.34. The van der Waals surface area contributed by atoms with Gasteiger partial charge in [0.2, 0.25) is 0 Å². The van der Waals surface area contributed by atoms with Crippen molar-refractivity contribution in [1.82, 2.24) is 14.8 Å². The van der Waals surface area contributed by atoms with Gasteiger partial charge in [0.1, 0.15) is 5.75 Å². The minimum atomic E-state index is 0.0716. The summed E-state index contributed by atoms with van der Waals surface area (Å²) in [6, 6.07) is 15.4. The number of nitrogens with zero attached hydrogens (tertiary/aromatic N) is 3. The molecule has 4 nitrogen and oxygen atoms in total. The number of ether oxygens (including phenoxy) is 1. The van der Waals surface area contributed by atoms with Gasteiger partial charge in [-0.05, 0) is 62.3 Å². The summed E-state index contributed by atoms with van der Waals surface area (Å²) in [4.78, 5) is 5.11. The van der Waals surface area contributed by atoms with Gasteiger partial charge in [0.15, 0.2) is 0 Å². The molecule has 0 saturated carbocycles. The van der Waals surface area contributed by atoms with Gasteiger partial charge in [-0.25, -0.2) is 0 Å². The molecule has 0 N–H and O–H groups in total. The largest absolute Gasteiger partial charge is 0.491 e. The van der Waals surface area contributed by atoms with Crippen LogP contribution in [0, 0.1) is 6.92 Å². The lowest BCUT2D eigenvalue weighted by Gasteiger charge is -2.20. The van der Waals surface area contributed by atoms with Crippen LogP contribution in [0.5, 0.6) is 5.75 Å². The molecule has 0 unspecified atom stereocenters. The van der Waals surface area contributed by atoms with E-state index in [0.717, 1.165) is 46.4 Å². The van der Waals surface area contributed by atoms with E-state index >= 15 is 0 Å². The monoisotopic (exact) mass is 455 g/mol. The van der Waals surface area contributed by atoms with Gasteiger partial charge in [-0.2, -0.15) is 5.10 Å². The Labute approximate surface area is 204 Å². The summed E-state index contributed by atoms with van der Waals surface area (Å²) in [5.74, 6) is 1.37. The molecule has 0 saturated heterocycles. The quantitative estimate of drug-likeness (QED) is 0.276. The van der Waals surface area contributed by atoms with Gasteiger partial charge in [-0.3, -0.25) is 9.67 Å². The van der Waals surface area contributed by atoms with E-state index in [1.165, 1.54) is 22.3 Å². The molecule has 178 valence electrons. The SMILES string of the molecule is CCc1cccc(CC)c1-c1cc(OC(C)C)c(Cn2ncc3ccc(C(C)C)cc32)c(C)n1. The second-order valence-corrected chi connectivity index (χ2v) is 9.67. The van der Waals surface area contributed by atoms with E-state index in [1.54, 1.807) is 0 Å². The third-order valence-corrected chi connectivity index (χ3v) is 6.55. The first kappa shape index (κ1) is 24.0. The van der Waals surface area contributed by atoms with Crippen molar-refractivity contribution >= 4 is 10.9 Å². The molecule has 0 fully saturated rings. The number of rotatable bonds is 8.